The Bertz CT molecular complexity index is 930. The SMILES string of the molecule is CCOC(=O)COc1cc(C)c2c(C)nn(-c3ccc(CC)cc3)c2n1. The molecule has 0 bridgehead atoms. The van der Waals surface area contributed by atoms with Gasteiger partial charge in [-0.3, -0.25) is 0 Å². The van der Waals surface area contributed by atoms with E-state index in [0.717, 1.165) is 28.8 Å². The molecule has 2 aromatic heterocycles. The van der Waals surface area contributed by atoms with Crippen LogP contribution in [-0.4, -0.2) is 33.9 Å². The molecule has 0 saturated carbocycles. The van der Waals surface area contributed by atoms with Gasteiger partial charge in [-0.25, -0.2) is 9.48 Å². The number of nitrogens with zero attached hydrogens (tertiary/aromatic N) is 3. The Balaban J connectivity index is 2.00. The zero-order valence-electron chi connectivity index (χ0n) is 15.6. The van der Waals surface area contributed by atoms with Gasteiger partial charge in [0, 0.05) is 11.5 Å². The molecule has 0 spiro atoms. The van der Waals surface area contributed by atoms with Crippen molar-refractivity contribution in [3.8, 4) is 11.6 Å². The molecule has 0 fully saturated rings. The fourth-order valence-electron chi connectivity index (χ4n) is 2.94. The lowest BCUT2D eigenvalue weighted by molar-refractivity contribution is -0.145. The first-order chi connectivity index (χ1) is 12.5. The number of aromatic nitrogens is 3. The lowest BCUT2D eigenvalue weighted by Crippen LogP contribution is -2.15. The Morgan fingerprint density at radius 2 is 1.88 bits per heavy atom. The predicted octanol–water partition coefficient (Wildman–Crippen LogP) is 3.54. The van der Waals surface area contributed by atoms with E-state index < -0.39 is 5.97 Å². The Kier molecular flexibility index (Phi) is 5.21. The van der Waals surface area contributed by atoms with Gasteiger partial charge in [0.2, 0.25) is 5.88 Å². The summed E-state index contributed by atoms with van der Waals surface area (Å²) in [5.41, 5.74) is 4.83. The van der Waals surface area contributed by atoms with Crippen LogP contribution in [-0.2, 0) is 16.0 Å². The normalized spacial score (nSPS) is 10.9. The maximum absolute atomic E-state index is 11.5. The lowest BCUT2D eigenvalue weighted by Gasteiger charge is -2.08. The molecule has 2 heterocycles. The number of benzene rings is 1. The van der Waals surface area contributed by atoms with Crippen molar-refractivity contribution in [2.45, 2.75) is 34.1 Å². The van der Waals surface area contributed by atoms with Crippen LogP contribution in [0.15, 0.2) is 30.3 Å². The van der Waals surface area contributed by atoms with Gasteiger partial charge in [-0.15, -0.1) is 0 Å². The molecule has 6 nitrogen and oxygen atoms in total. The summed E-state index contributed by atoms with van der Waals surface area (Å²) in [6.45, 7) is 8.00. The van der Waals surface area contributed by atoms with Gasteiger partial charge in [0.25, 0.3) is 0 Å². The summed E-state index contributed by atoms with van der Waals surface area (Å²) >= 11 is 0. The number of hydrogen-bond acceptors (Lipinski definition) is 5. The molecule has 26 heavy (non-hydrogen) atoms. The van der Waals surface area contributed by atoms with E-state index in [9.17, 15) is 4.79 Å². The quantitative estimate of drug-likeness (QED) is 0.634. The van der Waals surface area contributed by atoms with E-state index in [1.54, 1.807) is 6.92 Å². The van der Waals surface area contributed by atoms with Crippen molar-refractivity contribution in [2.24, 2.45) is 0 Å². The van der Waals surface area contributed by atoms with E-state index in [2.05, 4.69) is 29.1 Å². The first kappa shape index (κ1) is 17.9. The maximum atomic E-state index is 11.5. The van der Waals surface area contributed by atoms with Crippen molar-refractivity contribution < 1.29 is 14.3 Å². The highest BCUT2D eigenvalue weighted by molar-refractivity contribution is 5.84. The summed E-state index contributed by atoms with van der Waals surface area (Å²) < 4.78 is 12.2. The Morgan fingerprint density at radius 1 is 1.15 bits per heavy atom. The number of hydrogen-bond donors (Lipinski definition) is 0. The molecule has 0 aliphatic carbocycles. The third kappa shape index (κ3) is 3.54. The topological polar surface area (TPSA) is 66.2 Å². The standard InChI is InChI=1S/C20H23N3O3/c1-5-15-7-9-16(10-8-15)23-20-19(14(4)22-23)13(3)11-17(21-20)26-12-18(24)25-6-2/h7-11H,5-6,12H2,1-4H3. The van der Waals surface area contributed by atoms with E-state index in [1.165, 1.54) is 5.56 Å². The third-order valence-electron chi connectivity index (χ3n) is 4.22. The van der Waals surface area contributed by atoms with Crippen LogP contribution >= 0.6 is 0 Å². The molecule has 0 radical (unpaired) electrons. The largest absolute Gasteiger partial charge is 0.466 e. The second-order valence-electron chi connectivity index (χ2n) is 6.09. The van der Waals surface area contributed by atoms with Crippen LogP contribution in [0.3, 0.4) is 0 Å². The van der Waals surface area contributed by atoms with Crippen molar-refractivity contribution >= 4 is 17.0 Å². The van der Waals surface area contributed by atoms with Crippen LogP contribution in [0.5, 0.6) is 5.88 Å². The van der Waals surface area contributed by atoms with E-state index in [-0.39, 0.29) is 6.61 Å². The molecule has 1 aromatic carbocycles. The highest BCUT2D eigenvalue weighted by Crippen LogP contribution is 2.26. The zero-order chi connectivity index (χ0) is 18.7. The predicted molar refractivity (Wildman–Crippen MR) is 99.8 cm³/mol. The maximum Gasteiger partial charge on any atom is 0.344 e. The molecule has 0 atom stereocenters. The van der Waals surface area contributed by atoms with Gasteiger partial charge < -0.3 is 9.47 Å². The summed E-state index contributed by atoms with van der Waals surface area (Å²) in [5.74, 6) is -0.0266. The number of pyridine rings is 1. The fourth-order valence-corrected chi connectivity index (χ4v) is 2.94. The van der Waals surface area contributed by atoms with Gasteiger partial charge in [-0.1, -0.05) is 19.1 Å². The van der Waals surface area contributed by atoms with Crippen LogP contribution in [0.1, 0.15) is 30.7 Å². The van der Waals surface area contributed by atoms with Crippen molar-refractivity contribution in [3.63, 3.8) is 0 Å². The molecule has 0 unspecified atom stereocenters. The number of rotatable bonds is 6. The van der Waals surface area contributed by atoms with E-state index in [4.69, 9.17) is 9.47 Å². The average Bonchev–Trinajstić information content (AvgIpc) is 2.97. The third-order valence-corrected chi connectivity index (χ3v) is 4.22. The average molecular weight is 353 g/mol. The lowest BCUT2D eigenvalue weighted by atomic mass is 10.1. The van der Waals surface area contributed by atoms with Crippen molar-refractivity contribution in [1.29, 1.82) is 0 Å². The van der Waals surface area contributed by atoms with Crippen molar-refractivity contribution in [2.75, 3.05) is 13.2 Å². The molecular weight excluding hydrogens is 330 g/mol. The Hall–Kier alpha value is -2.89. The second-order valence-corrected chi connectivity index (χ2v) is 6.09. The Morgan fingerprint density at radius 3 is 2.54 bits per heavy atom. The van der Waals surface area contributed by atoms with E-state index in [0.29, 0.717) is 18.1 Å². The van der Waals surface area contributed by atoms with Crippen molar-refractivity contribution in [1.82, 2.24) is 14.8 Å². The van der Waals surface area contributed by atoms with Gasteiger partial charge in [0.15, 0.2) is 12.3 Å². The number of aryl methyl sites for hydroxylation is 3. The monoisotopic (exact) mass is 353 g/mol. The molecule has 136 valence electrons. The van der Waals surface area contributed by atoms with E-state index in [1.807, 2.05) is 36.7 Å². The molecule has 3 rings (SSSR count). The fraction of sp³-hybridized carbons (Fsp3) is 0.350. The van der Waals surface area contributed by atoms with Gasteiger partial charge >= 0.3 is 5.97 Å². The molecular formula is C20H23N3O3. The molecule has 0 amide bonds. The number of carbonyl (C=O) groups is 1. The molecule has 0 aliphatic heterocycles. The van der Waals surface area contributed by atoms with Gasteiger partial charge in [0.1, 0.15) is 0 Å². The van der Waals surface area contributed by atoms with Crippen molar-refractivity contribution in [3.05, 3.63) is 47.2 Å². The highest BCUT2D eigenvalue weighted by Gasteiger charge is 2.15. The molecule has 0 aliphatic rings. The summed E-state index contributed by atoms with van der Waals surface area (Å²) in [6, 6.07) is 10.1. The minimum atomic E-state index is -0.410. The zero-order valence-corrected chi connectivity index (χ0v) is 15.6. The minimum absolute atomic E-state index is 0.163. The molecule has 3 aromatic rings. The van der Waals surface area contributed by atoms with E-state index >= 15 is 0 Å². The van der Waals surface area contributed by atoms with Crippen LogP contribution < -0.4 is 4.74 Å². The summed E-state index contributed by atoms with van der Waals surface area (Å²) in [6.07, 6.45) is 0.988. The number of ether oxygens (including phenoxy) is 2. The molecule has 0 saturated heterocycles. The van der Waals surface area contributed by atoms with Crippen LogP contribution in [0.2, 0.25) is 0 Å². The highest BCUT2D eigenvalue weighted by atomic mass is 16.6. The smallest absolute Gasteiger partial charge is 0.344 e. The van der Waals surface area contributed by atoms with Gasteiger partial charge in [0.05, 0.1) is 18.0 Å². The number of carbonyl (C=O) groups excluding carboxylic acids is 1. The Labute approximate surface area is 152 Å². The summed E-state index contributed by atoms with van der Waals surface area (Å²) in [7, 11) is 0. The van der Waals surface area contributed by atoms with Crippen LogP contribution in [0, 0.1) is 13.8 Å². The first-order valence-corrected chi connectivity index (χ1v) is 8.78. The number of fused-ring (bicyclic) bond motifs is 1. The van der Waals surface area contributed by atoms with Crippen LogP contribution in [0.25, 0.3) is 16.7 Å². The second kappa shape index (κ2) is 7.56. The molecule has 0 N–H and O–H groups in total. The minimum Gasteiger partial charge on any atom is -0.466 e. The first-order valence-electron chi connectivity index (χ1n) is 8.78. The molecule has 6 heteroatoms. The van der Waals surface area contributed by atoms with Crippen LogP contribution in [0.4, 0.5) is 0 Å². The summed E-state index contributed by atoms with van der Waals surface area (Å²) in [5, 5.41) is 5.64. The number of esters is 1. The van der Waals surface area contributed by atoms with Gasteiger partial charge in [-0.2, -0.15) is 10.1 Å². The summed E-state index contributed by atoms with van der Waals surface area (Å²) in [4.78, 5) is 16.1. The van der Waals surface area contributed by atoms with Gasteiger partial charge in [-0.05, 0) is 50.5 Å².